The maximum atomic E-state index is 10.00. The molecule has 1 rings (SSSR count). The lowest BCUT2D eigenvalue weighted by Gasteiger charge is -1.83. The Hall–Kier alpha value is -0.260. The van der Waals surface area contributed by atoms with Crippen molar-refractivity contribution in [1.29, 1.82) is 0 Å². The van der Waals surface area contributed by atoms with Crippen molar-refractivity contribution in [2.75, 3.05) is 11.7 Å². The third kappa shape index (κ3) is 1.85. The van der Waals surface area contributed by atoms with Crippen molar-refractivity contribution in [2.24, 2.45) is 0 Å². The van der Waals surface area contributed by atoms with E-state index in [0.29, 0.717) is 5.13 Å². The Morgan fingerprint density at radius 2 is 2.67 bits per heavy atom. The van der Waals surface area contributed by atoms with Crippen molar-refractivity contribution in [3.05, 3.63) is 5.38 Å². The number of hydrogen-bond donors (Lipinski definition) is 1. The number of hydrogen-bond acceptors (Lipinski definition) is 4. The standard InChI is InChI=1S/C4H5N2OS2/c5-4-6-3(1-8-4)9-2-7/h1H,2H2,(H2,5,6). The van der Waals surface area contributed by atoms with E-state index in [1.807, 2.05) is 0 Å². The molecule has 1 radical (unpaired) electrons. The molecule has 2 N–H and O–H groups in total. The lowest BCUT2D eigenvalue weighted by atomic mass is 11.0. The van der Waals surface area contributed by atoms with Crippen molar-refractivity contribution in [1.82, 2.24) is 4.98 Å². The highest BCUT2D eigenvalue weighted by molar-refractivity contribution is 7.99. The highest BCUT2D eigenvalue weighted by Crippen LogP contribution is 2.20. The highest BCUT2D eigenvalue weighted by Gasteiger charge is 1.96. The molecule has 49 valence electrons. The molecule has 1 aromatic heterocycles. The molecule has 0 saturated carbocycles. The van der Waals surface area contributed by atoms with Crippen LogP contribution < -0.4 is 5.73 Å². The summed E-state index contributed by atoms with van der Waals surface area (Å²) in [6.45, 7) is 0. The van der Waals surface area contributed by atoms with E-state index >= 15 is 0 Å². The van der Waals surface area contributed by atoms with Gasteiger partial charge in [0.15, 0.2) is 5.13 Å². The summed E-state index contributed by atoms with van der Waals surface area (Å²) in [5.74, 6) is -0.191. The first-order chi connectivity index (χ1) is 4.33. The molecule has 0 bridgehead atoms. The molecule has 0 fully saturated rings. The Kier molecular flexibility index (Phi) is 2.32. The first-order valence-corrected chi connectivity index (χ1v) is 4.11. The molecule has 1 heterocycles. The Balaban J connectivity index is 2.61. The molecule has 0 amide bonds. The van der Waals surface area contributed by atoms with Crippen LogP contribution >= 0.6 is 23.1 Å². The van der Waals surface area contributed by atoms with Gasteiger partial charge in [-0.2, -0.15) is 0 Å². The number of aromatic nitrogens is 1. The molecule has 9 heavy (non-hydrogen) atoms. The third-order valence-corrected chi connectivity index (χ3v) is 2.15. The Bertz CT molecular complexity index is 188. The number of nitrogens with zero attached hydrogens (tertiary/aromatic N) is 1. The predicted molar refractivity (Wildman–Crippen MR) is 37.9 cm³/mol. The molecule has 3 nitrogen and oxygen atoms in total. The van der Waals surface area contributed by atoms with E-state index in [0.717, 1.165) is 16.8 Å². The smallest absolute Gasteiger partial charge is 0.181 e. The van der Waals surface area contributed by atoms with Gasteiger partial charge in [-0.15, -0.1) is 11.3 Å². The fraction of sp³-hybridized carbons (Fsp3) is 0.250. The van der Waals surface area contributed by atoms with Crippen LogP contribution in [-0.2, 0) is 5.11 Å². The summed E-state index contributed by atoms with van der Waals surface area (Å²) in [5, 5.41) is 13.0. The van der Waals surface area contributed by atoms with Gasteiger partial charge in [0.2, 0.25) is 0 Å². The monoisotopic (exact) mass is 161 g/mol. The maximum Gasteiger partial charge on any atom is 0.181 e. The maximum absolute atomic E-state index is 10.00. The van der Waals surface area contributed by atoms with Crippen molar-refractivity contribution in [2.45, 2.75) is 5.03 Å². The summed E-state index contributed by atoms with van der Waals surface area (Å²) in [7, 11) is 0. The van der Waals surface area contributed by atoms with E-state index in [-0.39, 0.29) is 5.94 Å². The zero-order valence-electron chi connectivity index (χ0n) is 4.53. The minimum absolute atomic E-state index is 0.191. The molecule has 0 atom stereocenters. The van der Waals surface area contributed by atoms with Gasteiger partial charge in [0.05, 0.1) is 0 Å². The van der Waals surface area contributed by atoms with Crippen LogP contribution in [0.2, 0.25) is 0 Å². The predicted octanol–water partition coefficient (Wildman–Crippen LogP) is 1.21. The number of anilines is 1. The molecule has 0 aromatic carbocycles. The largest absolute Gasteiger partial charge is 0.375 e. The average molecular weight is 161 g/mol. The van der Waals surface area contributed by atoms with E-state index in [4.69, 9.17) is 5.73 Å². The van der Waals surface area contributed by atoms with Crippen LogP contribution in [0.3, 0.4) is 0 Å². The van der Waals surface area contributed by atoms with Crippen molar-refractivity contribution < 1.29 is 5.11 Å². The number of rotatable bonds is 2. The van der Waals surface area contributed by atoms with E-state index in [1.54, 1.807) is 5.38 Å². The van der Waals surface area contributed by atoms with Crippen LogP contribution in [0, 0.1) is 0 Å². The van der Waals surface area contributed by atoms with E-state index in [1.165, 1.54) is 11.3 Å². The first kappa shape index (κ1) is 6.85. The van der Waals surface area contributed by atoms with Gasteiger partial charge in [0.1, 0.15) is 11.0 Å². The van der Waals surface area contributed by atoms with Gasteiger partial charge >= 0.3 is 0 Å². The van der Waals surface area contributed by atoms with E-state index < -0.39 is 0 Å². The Morgan fingerprint density at radius 3 is 3.11 bits per heavy atom. The molecule has 0 aliphatic rings. The minimum Gasteiger partial charge on any atom is -0.375 e. The molecule has 0 saturated heterocycles. The second kappa shape index (κ2) is 3.05. The van der Waals surface area contributed by atoms with Crippen molar-refractivity contribution >= 4 is 28.2 Å². The molecular formula is C4H5N2OS2. The van der Waals surface area contributed by atoms with Crippen molar-refractivity contribution in [3.63, 3.8) is 0 Å². The van der Waals surface area contributed by atoms with Crippen molar-refractivity contribution in [3.8, 4) is 0 Å². The lowest BCUT2D eigenvalue weighted by molar-refractivity contribution is 0.260. The summed E-state index contributed by atoms with van der Waals surface area (Å²) in [6, 6.07) is 0. The molecule has 0 unspecified atom stereocenters. The molecule has 0 spiro atoms. The van der Waals surface area contributed by atoms with E-state index in [2.05, 4.69) is 4.98 Å². The third-order valence-electron chi connectivity index (χ3n) is 0.708. The Morgan fingerprint density at radius 1 is 1.89 bits per heavy atom. The summed E-state index contributed by atoms with van der Waals surface area (Å²) in [4.78, 5) is 3.86. The average Bonchev–Trinajstić information content (AvgIpc) is 2.17. The quantitative estimate of drug-likeness (QED) is 0.524. The number of nitrogens with two attached hydrogens (primary N) is 1. The fourth-order valence-corrected chi connectivity index (χ4v) is 1.58. The van der Waals surface area contributed by atoms with Gasteiger partial charge in [-0.1, -0.05) is 11.8 Å². The summed E-state index contributed by atoms with van der Waals surface area (Å²) < 4.78 is 0. The second-order valence-corrected chi connectivity index (χ2v) is 3.12. The van der Waals surface area contributed by atoms with Crippen LogP contribution in [0.15, 0.2) is 10.4 Å². The normalized spacial score (nSPS) is 9.89. The number of nitrogen functional groups attached to an aromatic ring is 1. The first-order valence-electron chi connectivity index (χ1n) is 2.25. The fourth-order valence-electron chi connectivity index (χ4n) is 0.399. The van der Waals surface area contributed by atoms with Gasteiger partial charge in [0.25, 0.3) is 0 Å². The number of thiazole rings is 1. The van der Waals surface area contributed by atoms with Crippen LogP contribution in [-0.4, -0.2) is 10.9 Å². The SMILES string of the molecule is Nc1nc(SC[O])cs1. The van der Waals surface area contributed by atoms with Gasteiger partial charge in [-0.05, 0) is 0 Å². The van der Waals surface area contributed by atoms with Crippen LogP contribution in [0.5, 0.6) is 0 Å². The Labute approximate surface area is 60.9 Å². The zero-order chi connectivity index (χ0) is 6.69. The van der Waals surface area contributed by atoms with Gasteiger partial charge < -0.3 is 5.73 Å². The lowest BCUT2D eigenvalue weighted by Crippen LogP contribution is -1.80. The highest BCUT2D eigenvalue weighted by atomic mass is 32.2. The molecule has 5 heteroatoms. The topological polar surface area (TPSA) is 58.8 Å². The molecule has 1 aromatic rings. The second-order valence-electron chi connectivity index (χ2n) is 1.29. The minimum atomic E-state index is -0.191. The summed E-state index contributed by atoms with van der Waals surface area (Å²) >= 11 is 2.51. The van der Waals surface area contributed by atoms with Crippen LogP contribution in [0.1, 0.15) is 0 Å². The summed E-state index contributed by atoms with van der Waals surface area (Å²) in [6.07, 6.45) is 0. The van der Waals surface area contributed by atoms with Gasteiger partial charge in [0, 0.05) is 5.38 Å². The molecule has 0 aliphatic carbocycles. The van der Waals surface area contributed by atoms with Crippen LogP contribution in [0.25, 0.3) is 0 Å². The zero-order valence-corrected chi connectivity index (χ0v) is 6.17. The van der Waals surface area contributed by atoms with E-state index in [9.17, 15) is 5.11 Å². The van der Waals surface area contributed by atoms with Gasteiger partial charge in [-0.25, -0.2) is 10.1 Å². The summed E-state index contributed by atoms with van der Waals surface area (Å²) in [5.41, 5.74) is 5.30. The molecular weight excluding hydrogens is 156 g/mol. The number of thioether (sulfide) groups is 1. The van der Waals surface area contributed by atoms with Crippen LogP contribution in [0.4, 0.5) is 5.13 Å². The van der Waals surface area contributed by atoms with Gasteiger partial charge in [-0.3, -0.25) is 0 Å². The molecule has 0 aliphatic heterocycles.